The first-order valence-electron chi connectivity index (χ1n) is 9.54. The van der Waals surface area contributed by atoms with E-state index in [1.165, 1.54) is 6.20 Å². The van der Waals surface area contributed by atoms with Gasteiger partial charge in [-0.25, -0.2) is 9.48 Å². The van der Waals surface area contributed by atoms with E-state index >= 15 is 0 Å². The lowest BCUT2D eigenvalue weighted by atomic mass is 10.0. The van der Waals surface area contributed by atoms with Crippen LogP contribution < -0.4 is 0 Å². The van der Waals surface area contributed by atoms with Gasteiger partial charge in [-0.05, 0) is 31.9 Å². The Morgan fingerprint density at radius 2 is 1.90 bits per heavy atom. The molecule has 0 spiro atoms. The number of hydrogen-bond donors (Lipinski definition) is 1. The second-order valence-electron chi connectivity index (χ2n) is 7.17. The van der Waals surface area contributed by atoms with E-state index < -0.39 is 5.97 Å². The minimum Gasteiger partial charge on any atom is -0.478 e. The maximum Gasteiger partial charge on any atom is 0.338 e. The molecule has 1 N–H and O–H groups in total. The van der Waals surface area contributed by atoms with Crippen LogP contribution in [0.3, 0.4) is 0 Å². The van der Waals surface area contributed by atoms with Crippen molar-refractivity contribution in [2.75, 3.05) is 13.1 Å². The molecule has 1 aromatic carbocycles. The van der Waals surface area contributed by atoms with Gasteiger partial charge in [0.15, 0.2) is 0 Å². The van der Waals surface area contributed by atoms with Gasteiger partial charge in [0.25, 0.3) is 0 Å². The Kier molecular flexibility index (Phi) is 5.11. The van der Waals surface area contributed by atoms with Crippen LogP contribution in [-0.2, 0) is 11.2 Å². The lowest BCUT2D eigenvalue weighted by Crippen LogP contribution is -2.40. The van der Waals surface area contributed by atoms with Crippen LogP contribution >= 0.6 is 0 Å². The number of carbonyl (C=O) groups excluding carboxylic acids is 1. The Bertz CT molecular complexity index is 1020. The summed E-state index contributed by atoms with van der Waals surface area (Å²) < 4.78 is 3.44. The number of amides is 1. The molecule has 0 radical (unpaired) electrons. The van der Waals surface area contributed by atoms with E-state index in [1.54, 1.807) is 15.6 Å². The van der Waals surface area contributed by atoms with E-state index in [2.05, 4.69) is 15.4 Å². The van der Waals surface area contributed by atoms with Crippen molar-refractivity contribution in [3.05, 3.63) is 59.7 Å². The fraction of sp³-hybridized carbons (Fsp3) is 0.350. The van der Waals surface area contributed by atoms with Crippen LogP contribution in [0.15, 0.2) is 42.7 Å². The average Bonchev–Trinajstić information content (AvgIpc) is 3.37. The number of piperidine rings is 1. The normalized spacial score (nSPS) is 14.9. The van der Waals surface area contributed by atoms with Crippen molar-refractivity contribution >= 4 is 11.9 Å². The van der Waals surface area contributed by atoms with Crippen molar-refractivity contribution < 1.29 is 14.7 Å². The molecule has 3 aromatic rings. The third-order valence-corrected chi connectivity index (χ3v) is 5.35. The molecule has 1 fully saturated rings. The van der Waals surface area contributed by atoms with Crippen molar-refractivity contribution in [2.24, 2.45) is 0 Å². The zero-order valence-electron chi connectivity index (χ0n) is 16.1. The number of aromatic nitrogens is 5. The number of benzene rings is 1. The van der Waals surface area contributed by atoms with E-state index in [1.807, 2.05) is 42.2 Å². The molecule has 1 saturated heterocycles. The molecule has 1 amide bonds. The summed E-state index contributed by atoms with van der Waals surface area (Å²) in [4.78, 5) is 25.6. The van der Waals surface area contributed by atoms with E-state index in [0.717, 1.165) is 24.2 Å². The maximum absolute atomic E-state index is 12.8. The van der Waals surface area contributed by atoms with Crippen LogP contribution in [0.4, 0.5) is 0 Å². The summed E-state index contributed by atoms with van der Waals surface area (Å²) in [6.07, 6.45) is 4.60. The third-order valence-electron chi connectivity index (χ3n) is 5.35. The van der Waals surface area contributed by atoms with E-state index in [9.17, 15) is 9.59 Å². The first-order chi connectivity index (χ1) is 14.0. The Labute approximate surface area is 167 Å². The standard InChI is InChI=1S/C20H22N6O3/c1-14-18(22-23-26(14)17-5-3-2-4-6-17)11-19(27)24-9-7-16(8-10-24)25-13-15(12-21-25)20(28)29/h2-6,12-13,16H,7-11H2,1H3,(H,28,29). The van der Waals surface area contributed by atoms with Gasteiger partial charge in [0, 0.05) is 19.3 Å². The van der Waals surface area contributed by atoms with Gasteiger partial charge < -0.3 is 10.0 Å². The summed E-state index contributed by atoms with van der Waals surface area (Å²) in [6, 6.07) is 9.81. The number of nitrogens with zero attached hydrogens (tertiary/aromatic N) is 6. The first kappa shape index (κ1) is 18.9. The Morgan fingerprint density at radius 1 is 1.17 bits per heavy atom. The largest absolute Gasteiger partial charge is 0.478 e. The van der Waals surface area contributed by atoms with Gasteiger partial charge in [0.2, 0.25) is 5.91 Å². The zero-order chi connectivity index (χ0) is 20.4. The molecule has 0 saturated carbocycles. The minimum absolute atomic E-state index is 0.0263. The van der Waals surface area contributed by atoms with E-state index in [0.29, 0.717) is 18.8 Å². The van der Waals surface area contributed by atoms with Crippen molar-refractivity contribution in [1.29, 1.82) is 0 Å². The van der Waals surface area contributed by atoms with Gasteiger partial charge in [-0.1, -0.05) is 23.4 Å². The third kappa shape index (κ3) is 3.89. The Balaban J connectivity index is 1.37. The molecular formula is C20H22N6O3. The van der Waals surface area contributed by atoms with Gasteiger partial charge in [0.1, 0.15) is 0 Å². The topological polar surface area (TPSA) is 106 Å². The number of carboxylic acid groups (broad SMARTS) is 1. The van der Waals surface area contributed by atoms with Crippen molar-refractivity contribution in [1.82, 2.24) is 29.7 Å². The zero-order valence-corrected chi connectivity index (χ0v) is 16.1. The van der Waals surface area contributed by atoms with Crippen LogP contribution in [-0.4, -0.2) is 59.7 Å². The Morgan fingerprint density at radius 3 is 2.55 bits per heavy atom. The molecular weight excluding hydrogens is 372 g/mol. The molecule has 9 nitrogen and oxygen atoms in total. The molecule has 29 heavy (non-hydrogen) atoms. The maximum atomic E-state index is 12.8. The van der Waals surface area contributed by atoms with Gasteiger partial charge in [-0.2, -0.15) is 5.10 Å². The molecule has 2 aromatic heterocycles. The number of aromatic carboxylic acids is 1. The molecule has 1 aliphatic rings. The summed E-state index contributed by atoms with van der Waals surface area (Å²) in [5.74, 6) is -0.957. The number of hydrogen-bond acceptors (Lipinski definition) is 5. The number of carboxylic acids is 1. The highest BCUT2D eigenvalue weighted by Crippen LogP contribution is 2.23. The molecule has 9 heteroatoms. The fourth-order valence-corrected chi connectivity index (χ4v) is 3.62. The van der Waals surface area contributed by atoms with Crippen molar-refractivity contribution in [3.8, 4) is 5.69 Å². The van der Waals surface area contributed by atoms with Crippen LogP contribution in [0.2, 0.25) is 0 Å². The number of para-hydroxylation sites is 1. The number of rotatable bonds is 5. The quantitative estimate of drug-likeness (QED) is 0.708. The molecule has 150 valence electrons. The minimum atomic E-state index is -0.984. The van der Waals surface area contributed by atoms with Crippen molar-refractivity contribution in [3.63, 3.8) is 0 Å². The predicted octanol–water partition coefficient (Wildman–Crippen LogP) is 1.88. The summed E-state index contributed by atoms with van der Waals surface area (Å²) >= 11 is 0. The van der Waals surface area contributed by atoms with Gasteiger partial charge >= 0.3 is 5.97 Å². The van der Waals surface area contributed by atoms with Crippen LogP contribution in [0.1, 0.15) is 40.6 Å². The first-order valence-corrected chi connectivity index (χ1v) is 9.54. The molecule has 1 aliphatic heterocycles. The lowest BCUT2D eigenvalue weighted by Gasteiger charge is -2.32. The molecule has 0 atom stereocenters. The van der Waals surface area contributed by atoms with Gasteiger partial charge in [-0.15, -0.1) is 5.10 Å². The smallest absolute Gasteiger partial charge is 0.338 e. The molecule has 0 bridgehead atoms. The average molecular weight is 394 g/mol. The van der Waals surface area contributed by atoms with Gasteiger partial charge in [0.05, 0.1) is 41.3 Å². The van der Waals surface area contributed by atoms with Crippen LogP contribution in [0, 0.1) is 6.92 Å². The number of likely N-dealkylation sites (tertiary alicyclic amines) is 1. The highest BCUT2D eigenvalue weighted by Gasteiger charge is 2.26. The van der Waals surface area contributed by atoms with E-state index in [4.69, 9.17) is 5.11 Å². The molecule has 0 unspecified atom stereocenters. The SMILES string of the molecule is Cc1c(CC(=O)N2CCC(n3cc(C(=O)O)cn3)CC2)nnn1-c1ccccc1. The van der Waals surface area contributed by atoms with Crippen LogP contribution in [0.25, 0.3) is 5.69 Å². The highest BCUT2D eigenvalue weighted by molar-refractivity contribution is 5.86. The molecule has 4 rings (SSSR count). The fourth-order valence-electron chi connectivity index (χ4n) is 3.62. The Hall–Kier alpha value is -3.49. The highest BCUT2D eigenvalue weighted by atomic mass is 16.4. The lowest BCUT2D eigenvalue weighted by molar-refractivity contribution is -0.131. The second-order valence-corrected chi connectivity index (χ2v) is 7.17. The summed E-state index contributed by atoms with van der Waals surface area (Å²) in [5, 5.41) is 21.6. The van der Waals surface area contributed by atoms with Crippen molar-refractivity contribution in [2.45, 2.75) is 32.2 Å². The van der Waals surface area contributed by atoms with E-state index in [-0.39, 0.29) is 23.9 Å². The molecule has 0 aliphatic carbocycles. The van der Waals surface area contributed by atoms with Crippen LogP contribution in [0.5, 0.6) is 0 Å². The predicted molar refractivity (Wildman–Crippen MR) is 104 cm³/mol. The summed E-state index contributed by atoms with van der Waals surface area (Å²) in [6.45, 7) is 3.13. The second kappa shape index (κ2) is 7.86. The summed E-state index contributed by atoms with van der Waals surface area (Å²) in [7, 11) is 0. The molecule has 3 heterocycles. The van der Waals surface area contributed by atoms with Gasteiger partial charge in [-0.3, -0.25) is 9.48 Å². The summed E-state index contributed by atoms with van der Waals surface area (Å²) in [5.41, 5.74) is 2.63. The number of carbonyl (C=O) groups is 2. The monoisotopic (exact) mass is 394 g/mol.